The Morgan fingerprint density at radius 2 is 0.893 bits per heavy atom. The zero-order valence-corrected chi connectivity index (χ0v) is 17.9. The first-order chi connectivity index (χ1) is 13.7. The lowest BCUT2D eigenvalue weighted by Gasteiger charge is -2.26. The first-order valence-electron chi connectivity index (χ1n) is 10.7. The summed E-state index contributed by atoms with van der Waals surface area (Å²) in [7, 11) is 0. The maximum Gasteiger partial charge on any atom is 0.0239 e. The van der Waals surface area contributed by atoms with Crippen LogP contribution in [0.15, 0.2) is 48.5 Å². The zero-order chi connectivity index (χ0) is 19.9. The van der Waals surface area contributed by atoms with Crippen molar-refractivity contribution >= 4 is 23.3 Å². The van der Waals surface area contributed by atoms with E-state index in [1.54, 1.807) is 0 Å². The predicted molar refractivity (Wildman–Crippen MR) is 124 cm³/mol. The van der Waals surface area contributed by atoms with Crippen molar-refractivity contribution in [3.63, 3.8) is 0 Å². The fraction of sp³-hybridized carbons (Fsp3) is 0.385. The number of hydrogen-bond acceptors (Lipinski definition) is 2. The maximum absolute atomic E-state index is 2.50. The molecular weight excluding hydrogens is 340 g/mol. The van der Waals surface area contributed by atoms with E-state index in [-0.39, 0.29) is 0 Å². The fourth-order valence-corrected chi connectivity index (χ4v) is 3.99. The maximum atomic E-state index is 2.50. The average Bonchev–Trinajstić information content (AvgIpc) is 2.74. The number of likely N-dealkylation sites (N-methyl/N-ethyl adjacent to an activating group) is 2. The van der Waals surface area contributed by atoms with Gasteiger partial charge in [-0.1, -0.05) is 76.2 Å². The van der Waals surface area contributed by atoms with Crippen LogP contribution >= 0.6 is 0 Å². The molecule has 148 valence electrons. The Labute approximate surface area is 171 Å². The average molecular weight is 375 g/mol. The molecule has 0 amide bonds. The second kappa shape index (κ2) is 9.86. The van der Waals surface area contributed by atoms with E-state index in [1.165, 1.54) is 33.4 Å². The van der Waals surface area contributed by atoms with Gasteiger partial charge in [0.15, 0.2) is 0 Å². The molecule has 0 bridgehead atoms. The van der Waals surface area contributed by atoms with Gasteiger partial charge < -0.3 is 0 Å². The predicted octanol–water partition coefficient (Wildman–Crippen LogP) is 5.76. The van der Waals surface area contributed by atoms with E-state index in [1.807, 2.05) is 0 Å². The van der Waals surface area contributed by atoms with Gasteiger partial charge >= 0.3 is 0 Å². The summed E-state index contributed by atoms with van der Waals surface area (Å²) in [4.78, 5) is 5.00. The molecular formula is C26H34N2. The van der Waals surface area contributed by atoms with Crippen LogP contribution in [0.25, 0.3) is 23.3 Å². The molecule has 2 heteroatoms. The zero-order valence-electron chi connectivity index (χ0n) is 17.9. The van der Waals surface area contributed by atoms with E-state index < -0.39 is 0 Å². The molecule has 1 aliphatic carbocycles. The minimum absolute atomic E-state index is 0.983. The Morgan fingerprint density at radius 3 is 1.25 bits per heavy atom. The highest BCUT2D eigenvalue weighted by atomic mass is 15.1. The Bertz CT molecular complexity index is 769. The van der Waals surface area contributed by atoms with Gasteiger partial charge in [-0.3, -0.25) is 9.80 Å². The molecule has 0 spiro atoms. The van der Waals surface area contributed by atoms with Gasteiger partial charge in [-0.15, -0.1) is 0 Å². The minimum Gasteiger partial charge on any atom is -0.300 e. The van der Waals surface area contributed by atoms with Gasteiger partial charge in [0.2, 0.25) is 0 Å². The van der Waals surface area contributed by atoms with Gasteiger partial charge in [0.1, 0.15) is 0 Å². The number of hydrogen-bond donors (Lipinski definition) is 0. The van der Waals surface area contributed by atoms with Gasteiger partial charge in [0, 0.05) is 13.1 Å². The highest BCUT2D eigenvalue weighted by Gasteiger charge is 2.18. The van der Waals surface area contributed by atoms with Crippen molar-refractivity contribution in [3.8, 4) is 0 Å². The molecule has 2 nitrogen and oxygen atoms in total. The lowest BCUT2D eigenvalue weighted by molar-refractivity contribution is 0.341. The third-order valence-corrected chi connectivity index (χ3v) is 5.85. The van der Waals surface area contributed by atoms with Gasteiger partial charge in [0.25, 0.3) is 0 Å². The van der Waals surface area contributed by atoms with Crippen LogP contribution in [0.5, 0.6) is 0 Å². The summed E-state index contributed by atoms with van der Waals surface area (Å²) in [6.07, 6.45) is 4.80. The molecule has 3 rings (SSSR count). The fourth-order valence-electron chi connectivity index (χ4n) is 3.99. The SMILES string of the molecule is CCN(CC)C/C1=C/c2ccccc2/C=C(/CN(CC)CC)c2ccccc21. The topological polar surface area (TPSA) is 6.48 Å². The quantitative estimate of drug-likeness (QED) is 0.579. The van der Waals surface area contributed by atoms with Crippen LogP contribution in [0.3, 0.4) is 0 Å². The number of nitrogens with zero attached hydrogens (tertiary/aromatic N) is 2. The molecule has 1 aliphatic rings. The molecule has 0 N–H and O–H groups in total. The van der Waals surface area contributed by atoms with Crippen molar-refractivity contribution < 1.29 is 0 Å². The van der Waals surface area contributed by atoms with E-state index in [4.69, 9.17) is 0 Å². The van der Waals surface area contributed by atoms with Crippen molar-refractivity contribution in [2.24, 2.45) is 0 Å². The normalized spacial score (nSPS) is 17.2. The monoisotopic (exact) mass is 374 g/mol. The van der Waals surface area contributed by atoms with E-state index in [2.05, 4.69) is 98.2 Å². The van der Waals surface area contributed by atoms with E-state index in [0.717, 1.165) is 39.3 Å². The van der Waals surface area contributed by atoms with Gasteiger partial charge in [-0.05, 0) is 71.7 Å². The van der Waals surface area contributed by atoms with Gasteiger partial charge in [0.05, 0.1) is 0 Å². The van der Waals surface area contributed by atoms with Gasteiger partial charge in [-0.25, -0.2) is 0 Å². The Balaban J connectivity index is 2.16. The molecule has 0 saturated carbocycles. The highest BCUT2D eigenvalue weighted by Crippen LogP contribution is 2.33. The highest BCUT2D eigenvalue weighted by molar-refractivity contribution is 5.97. The number of fused-ring (bicyclic) bond motifs is 2. The van der Waals surface area contributed by atoms with Crippen molar-refractivity contribution in [2.75, 3.05) is 39.3 Å². The van der Waals surface area contributed by atoms with Crippen LogP contribution in [0.2, 0.25) is 0 Å². The summed E-state index contributed by atoms with van der Waals surface area (Å²) in [5.41, 5.74) is 8.21. The molecule has 0 atom stereocenters. The van der Waals surface area contributed by atoms with Crippen LogP contribution in [0, 0.1) is 0 Å². The van der Waals surface area contributed by atoms with Crippen molar-refractivity contribution in [1.29, 1.82) is 0 Å². The lowest BCUT2D eigenvalue weighted by atomic mass is 9.88. The molecule has 28 heavy (non-hydrogen) atoms. The van der Waals surface area contributed by atoms with Crippen molar-refractivity contribution in [2.45, 2.75) is 27.7 Å². The molecule has 0 unspecified atom stereocenters. The van der Waals surface area contributed by atoms with E-state index >= 15 is 0 Å². The Hall–Kier alpha value is -2.16. The summed E-state index contributed by atoms with van der Waals surface area (Å²) >= 11 is 0. The second-order valence-corrected chi connectivity index (χ2v) is 7.44. The molecule has 0 saturated heterocycles. The summed E-state index contributed by atoms with van der Waals surface area (Å²) in [6, 6.07) is 17.7. The Kier molecular flexibility index (Phi) is 7.24. The molecule has 0 radical (unpaired) electrons. The van der Waals surface area contributed by atoms with Gasteiger partial charge in [-0.2, -0.15) is 0 Å². The van der Waals surface area contributed by atoms with Crippen LogP contribution < -0.4 is 0 Å². The van der Waals surface area contributed by atoms with Crippen LogP contribution in [0.4, 0.5) is 0 Å². The minimum atomic E-state index is 0.983. The summed E-state index contributed by atoms with van der Waals surface area (Å²) in [6.45, 7) is 15.2. The van der Waals surface area contributed by atoms with E-state index in [0.29, 0.717) is 0 Å². The van der Waals surface area contributed by atoms with Crippen LogP contribution in [-0.2, 0) is 0 Å². The summed E-state index contributed by atoms with van der Waals surface area (Å²) < 4.78 is 0. The molecule has 2 aromatic rings. The van der Waals surface area contributed by atoms with Crippen LogP contribution in [0.1, 0.15) is 49.9 Å². The summed E-state index contributed by atoms with van der Waals surface area (Å²) in [5, 5.41) is 0. The second-order valence-electron chi connectivity index (χ2n) is 7.44. The third-order valence-electron chi connectivity index (χ3n) is 5.85. The molecule has 0 aliphatic heterocycles. The van der Waals surface area contributed by atoms with E-state index in [9.17, 15) is 0 Å². The number of benzene rings is 2. The molecule has 0 aromatic heterocycles. The molecule has 0 fully saturated rings. The van der Waals surface area contributed by atoms with Crippen molar-refractivity contribution in [1.82, 2.24) is 9.80 Å². The third kappa shape index (κ3) is 4.63. The standard InChI is InChI=1S/C26H34N2/c1-5-27(6-2)19-23-17-21-13-9-10-14-22(21)18-24(20-28(7-3)8-4)26-16-12-11-15-25(23)26/h9-18H,5-8,19-20H2,1-4H3/b21-17?,22-18?,23-17-,24-18-,25-23?,26-24?. The van der Waals surface area contributed by atoms with Crippen molar-refractivity contribution in [3.05, 3.63) is 70.8 Å². The molecule has 0 heterocycles. The first kappa shape index (κ1) is 20.6. The number of rotatable bonds is 8. The lowest BCUT2D eigenvalue weighted by Crippen LogP contribution is -2.26. The Morgan fingerprint density at radius 1 is 0.536 bits per heavy atom. The largest absolute Gasteiger partial charge is 0.300 e. The van der Waals surface area contributed by atoms with Crippen LogP contribution in [-0.4, -0.2) is 49.1 Å². The smallest absolute Gasteiger partial charge is 0.0239 e. The first-order valence-corrected chi connectivity index (χ1v) is 10.7. The molecule has 2 aromatic carbocycles. The summed E-state index contributed by atoms with van der Waals surface area (Å²) in [5.74, 6) is 0.